The fraction of sp³-hybridized carbons (Fsp3) is 0.273. The molecule has 0 atom stereocenters. The zero-order valence-corrected chi connectivity index (χ0v) is 11.6. The lowest BCUT2D eigenvalue weighted by Gasteiger charge is -2.00. The van der Waals surface area contributed by atoms with Gasteiger partial charge in [-0.3, -0.25) is 0 Å². The van der Waals surface area contributed by atoms with E-state index in [1.54, 1.807) is 17.7 Å². The predicted octanol–water partition coefficient (Wildman–Crippen LogP) is 3.16. The average Bonchev–Trinajstić information content (AvgIpc) is 2.96. The van der Waals surface area contributed by atoms with Crippen molar-refractivity contribution in [3.8, 4) is 0 Å². The summed E-state index contributed by atoms with van der Waals surface area (Å²) in [6.45, 7) is 4.07. The molecule has 3 aromatic rings. The molecule has 0 unspecified atom stereocenters. The van der Waals surface area contributed by atoms with Gasteiger partial charge >= 0.3 is 0 Å². The van der Waals surface area contributed by atoms with Gasteiger partial charge in [0.15, 0.2) is 0 Å². The van der Waals surface area contributed by atoms with Gasteiger partial charge in [-0.15, -0.1) is 21.5 Å². The van der Waals surface area contributed by atoms with E-state index >= 15 is 0 Å². The van der Waals surface area contributed by atoms with Gasteiger partial charge in [0.25, 0.3) is 0 Å². The zero-order chi connectivity index (χ0) is 12.5. The molecule has 1 N–H and O–H groups in total. The summed E-state index contributed by atoms with van der Waals surface area (Å²) in [5.74, 6) is 0.798. The van der Waals surface area contributed by atoms with E-state index in [2.05, 4.69) is 38.5 Å². The predicted molar refractivity (Wildman–Crippen MR) is 74.7 cm³/mol. The monoisotopic (exact) mass is 277 g/mol. The van der Waals surface area contributed by atoms with Crippen LogP contribution < -0.4 is 5.32 Å². The number of fused-ring (bicyclic) bond motifs is 1. The molecule has 0 fully saturated rings. The standard InChI is InChI=1S/C11H11N5S2/c1-3-7-4-8-9(12-5-13-10(8)18-7)14-11-16-15-6(2)17-11/h4-5H,3H2,1-2H3,(H,12,13,14,16). The summed E-state index contributed by atoms with van der Waals surface area (Å²) in [6, 6.07) is 2.14. The SMILES string of the molecule is CCc1cc2c(Nc3nnc(C)s3)ncnc2s1. The number of hydrogen-bond donors (Lipinski definition) is 1. The van der Waals surface area contributed by atoms with E-state index in [4.69, 9.17) is 0 Å². The molecule has 3 rings (SSSR count). The van der Waals surface area contributed by atoms with E-state index in [-0.39, 0.29) is 0 Å². The lowest BCUT2D eigenvalue weighted by atomic mass is 10.3. The maximum atomic E-state index is 4.29. The average molecular weight is 277 g/mol. The maximum Gasteiger partial charge on any atom is 0.211 e. The Morgan fingerprint density at radius 2 is 2.11 bits per heavy atom. The van der Waals surface area contributed by atoms with Crippen LogP contribution >= 0.6 is 22.7 Å². The Kier molecular flexibility index (Phi) is 2.92. The second-order valence-electron chi connectivity index (χ2n) is 3.76. The van der Waals surface area contributed by atoms with Crippen LogP contribution in [0.4, 0.5) is 10.9 Å². The number of rotatable bonds is 3. The molecule has 0 aromatic carbocycles. The molecule has 0 aliphatic rings. The van der Waals surface area contributed by atoms with Crippen LogP contribution in [0.25, 0.3) is 10.2 Å². The van der Waals surface area contributed by atoms with Gasteiger partial charge in [0.2, 0.25) is 5.13 Å². The second kappa shape index (κ2) is 4.58. The summed E-state index contributed by atoms with van der Waals surface area (Å²) in [5, 5.41) is 14.0. The van der Waals surface area contributed by atoms with Crippen LogP contribution in [0.15, 0.2) is 12.4 Å². The fourth-order valence-electron chi connectivity index (χ4n) is 1.63. The van der Waals surface area contributed by atoms with E-state index in [0.717, 1.165) is 32.6 Å². The first-order chi connectivity index (χ1) is 8.76. The smallest absolute Gasteiger partial charge is 0.211 e. The van der Waals surface area contributed by atoms with Gasteiger partial charge in [-0.1, -0.05) is 18.3 Å². The van der Waals surface area contributed by atoms with Gasteiger partial charge in [0.05, 0.1) is 5.39 Å². The molecule has 18 heavy (non-hydrogen) atoms. The molecule has 0 aliphatic heterocycles. The first-order valence-electron chi connectivity index (χ1n) is 5.57. The van der Waals surface area contributed by atoms with Gasteiger partial charge in [0.1, 0.15) is 22.0 Å². The molecule has 0 bridgehead atoms. The van der Waals surface area contributed by atoms with Crippen molar-refractivity contribution in [3.05, 3.63) is 22.3 Å². The van der Waals surface area contributed by atoms with Crippen LogP contribution in [-0.2, 0) is 6.42 Å². The number of hydrogen-bond acceptors (Lipinski definition) is 7. The third-order valence-corrected chi connectivity index (χ3v) is 4.42. The molecule has 0 saturated carbocycles. The molecule has 7 heteroatoms. The van der Waals surface area contributed by atoms with Crippen molar-refractivity contribution >= 4 is 43.8 Å². The van der Waals surface area contributed by atoms with Crippen molar-refractivity contribution in [1.82, 2.24) is 20.2 Å². The van der Waals surface area contributed by atoms with Crippen molar-refractivity contribution in [2.24, 2.45) is 0 Å². The van der Waals surface area contributed by atoms with Crippen molar-refractivity contribution < 1.29 is 0 Å². The van der Waals surface area contributed by atoms with Crippen LogP contribution in [0, 0.1) is 6.92 Å². The lowest BCUT2D eigenvalue weighted by molar-refractivity contribution is 1.05. The van der Waals surface area contributed by atoms with Crippen LogP contribution in [0.1, 0.15) is 16.8 Å². The topological polar surface area (TPSA) is 63.6 Å². The van der Waals surface area contributed by atoms with E-state index in [9.17, 15) is 0 Å². The quantitative estimate of drug-likeness (QED) is 0.796. The van der Waals surface area contributed by atoms with Crippen molar-refractivity contribution in [1.29, 1.82) is 0 Å². The minimum atomic E-state index is 0.761. The summed E-state index contributed by atoms with van der Waals surface area (Å²) >= 11 is 3.22. The molecular weight excluding hydrogens is 266 g/mol. The van der Waals surface area contributed by atoms with Gasteiger partial charge in [0, 0.05) is 4.88 Å². The molecular formula is C11H11N5S2. The summed E-state index contributed by atoms with van der Waals surface area (Å²) in [6.07, 6.45) is 2.59. The molecule has 92 valence electrons. The van der Waals surface area contributed by atoms with Gasteiger partial charge in [-0.25, -0.2) is 9.97 Å². The first-order valence-corrected chi connectivity index (χ1v) is 7.20. The molecule has 0 amide bonds. The number of aromatic nitrogens is 4. The zero-order valence-electron chi connectivity index (χ0n) is 9.97. The van der Waals surface area contributed by atoms with Crippen LogP contribution in [0.2, 0.25) is 0 Å². The number of thiophene rings is 1. The number of aryl methyl sites for hydroxylation is 2. The highest BCUT2D eigenvalue weighted by Gasteiger charge is 2.09. The molecule has 3 aromatic heterocycles. The first kappa shape index (κ1) is 11.5. The minimum Gasteiger partial charge on any atom is -0.314 e. The van der Waals surface area contributed by atoms with Crippen LogP contribution in [0.3, 0.4) is 0 Å². The van der Waals surface area contributed by atoms with Gasteiger partial charge in [-0.05, 0) is 19.4 Å². The third kappa shape index (κ3) is 2.06. The van der Waals surface area contributed by atoms with Crippen molar-refractivity contribution in [2.45, 2.75) is 20.3 Å². The number of nitrogens with one attached hydrogen (secondary N) is 1. The molecule has 0 radical (unpaired) electrons. The Morgan fingerprint density at radius 1 is 1.22 bits per heavy atom. The Balaban J connectivity index is 2.03. The second-order valence-corrected chi connectivity index (χ2v) is 6.06. The highest BCUT2D eigenvalue weighted by atomic mass is 32.1. The Morgan fingerprint density at radius 3 is 2.83 bits per heavy atom. The number of anilines is 2. The normalized spacial score (nSPS) is 11.0. The van der Waals surface area contributed by atoms with Crippen molar-refractivity contribution in [3.63, 3.8) is 0 Å². The van der Waals surface area contributed by atoms with E-state index in [1.165, 1.54) is 16.2 Å². The molecule has 3 heterocycles. The summed E-state index contributed by atoms with van der Waals surface area (Å²) in [4.78, 5) is 10.9. The van der Waals surface area contributed by atoms with Crippen LogP contribution in [0.5, 0.6) is 0 Å². The van der Waals surface area contributed by atoms with Crippen molar-refractivity contribution in [2.75, 3.05) is 5.32 Å². The largest absolute Gasteiger partial charge is 0.314 e. The van der Waals surface area contributed by atoms with Gasteiger partial charge < -0.3 is 5.32 Å². The van der Waals surface area contributed by atoms with E-state index in [0.29, 0.717) is 0 Å². The summed E-state index contributed by atoms with van der Waals surface area (Å²) < 4.78 is 0. The fourth-order valence-corrected chi connectivity index (χ4v) is 3.15. The summed E-state index contributed by atoms with van der Waals surface area (Å²) in [5.41, 5.74) is 0. The highest BCUT2D eigenvalue weighted by Crippen LogP contribution is 2.30. The highest BCUT2D eigenvalue weighted by molar-refractivity contribution is 7.18. The molecule has 0 spiro atoms. The number of nitrogens with zero attached hydrogens (tertiary/aromatic N) is 4. The minimum absolute atomic E-state index is 0.761. The summed E-state index contributed by atoms with van der Waals surface area (Å²) in [7, 11) is 0. The third-order valence-electron chi connectivity index (χ3n) is 2.48. The lowest BCUT2D eigenvalue weighted by Crippen LogP contribution is -1.93. The molecule has 0 aliphatic carbocycles. The van der Waals surface area contributed by atoms with Gasteiger partial charge in [-0.2, -0.15) is 0 Å². The van der Waals surface area contributed by atoms with E-state index in [1.807, 2.05) is 6.92 Å². The molecule has 0 saturated heterocycles. The maximum absolute atomic E-state index is 4.29. The van der Waals surface area contributed by atoms with Crippen LogP contribution in [-0.4, -0.2) is 20.2 Å². The Hall–Kier alpha value is -1.60. The Bertz CT molecular complexity index is 688. The van der Waals surface area contributed by atoms with E-state index < -0.39 is 0 Å². The Labute approximate surface area is 112 Å². The molecule has 5 nitrogen and oxygen atoms in total.